The minimum Gasteiger partial charge on any atom is -0.343 e. The third-order valence-corrected chi connectivity index (χ3v) is 4.34. The van der Waals surface area contributed by atoms with Crippen molar-refractivity contribution >= 4 is 23.0 Å². The normalized spacial score (nSPS) is 11.2. The van der Waals surface area contributed by atoms with Crippen LogP contribution in [0.3, 0.4) is 0 Å². The summed E-state index contributed by atoms with van der Waals surface area (Å²) in [5, 5.41) is 5.05. The number of hydrazone groups is 1. The molecule has 0 saturated carbocycles. The summed E-state index contributed by atoms with van der Waals surface area (Å²) in [5.74, 6) is -0.549. The predicted molar refractivity (Wildman–Crippen MR) is 107 cm³/mol. The Balaban J connectivity index is 1.47. The fraction of sp³-hybridized carbons (Fsp3) is 0.0455. The lowest BCUT2D eigenvalue weighted by atomic mass is 10.1. The van der Waals surface area contributed by atoms with Gasteiger partial charge in [-0.2, -0.15) is 5.10 Å². The molecule has 5 nitrogen and oxygen atoms in total. The lowest BCUT2D eigenvalue weighted by Gasteiger charge is -2.06. The van der Waals surface area contributed by atoms with E-state index in [2.05, 4.69) is 20.1 Å². The van der Waals surface area contributed by atoms with Gasteiger partial charge in [-0.3, -0.25) is 9.78 Å². The quantitative estimate of drug-likeness (QED) is 0.425. The van der Waals surface area contributed by atoms with E-state index in [1.54, 1.807) is 30.6 Å². The highest BCUT2D eigenvalue weighted by molar-refractivity contribution is 5.95. The van der Waals surface area contributed by atoms with Crippen molar-refractivity contribution in [1.82, 2.24) is 15.0 Å². The molecule has 0 unspecified atom stereocenters. The molecule has 6 heteroatoms. The van der Waals surface area contributed by atoms with Crippen LogP contribution >= 0.6 is 0 Å². The minimum atomic E-state index is -0.313. The summed E-state index contributed by atoms with van der Waals surface area (Å²) in [6.45, 7) is 0.593. The third kappa shape index (κ3) is 3.96. The van der Waals surface area contributed by atoms with Crippen molar-refractivity contribution in [1.29, 1.82) is 0 Å². The van der Waals surface area contributed by atoms with E-state index in [9.17, 15) is 9.18 Å². The van der Waals surface area contributed by atoms with Crippen molar-refractivity contribution in [3.05, 3.63) is 102 Å². The van der Waals surface area contributed by atoms with Crippen molar-refractivity contribution in [2.45, 2.75) is 6.54 Å². The van der Waals surface area contributed by atoms with Gasteiger partial charge in [-0.05, 0) is 53.6 Å². The Labute approximate surface area is 161 Å². The van der Waals surface area contributed by atoms with Gasteiger partial charge in [-0.25, -0.2) is 9.82 Å². The Morgan fingerprint density at radius 2 is 2.07 bits per heavy atom. The van der Waals surface area contributed by atoms with Gasteiger partial charge in [-0.15, -0.1) is 0 Å². The van der Waals surface area contributed by atoms with Crippen molar-refractivity contribution < 1.29 is 9.18 Å². The number of carbonyl (C=O) groups excluding carboxylic acids is 1. The minimum absolute atomic E-state index is 0.235. The van der Waals surface area contributed by atoms with Crippen LogP contribution in [0.4, 0.5) is 4.39 Å². The molecule has 138 valence electrons. The van der Waals surface area contributed by atoms with Crippen molar-refractivity contribution in [2.75, 3.05) is 0 Å². The number of nitrogens with one attached hydrogen (secondary N) is 1. The van der Waals surface area contributed by atoms with Crippen LogP contribution in [0.2, 0.25) is 0 Å². The fourth-order valence-electron chi connectivity index (χ4n) is 3.00. The molecular formula is C22H17FN4O. The molecule has 0 bridgehead atoms. The molecule has 0 aliphatic rings. The predicted octanol–water partition coefficient (Wildman–Crippen LogP) is 3.99. The zero-order valence-electron chi connectivity index (χ0n) is 14.9. The van der Waals surface area contributed by atoms with Crippen molar-refractivity contribution in [3.8, 4) is 0 Å². The first-order valence-electron chi connectivity index (χ1n) is 8.76. The number of hydrogen-bond acceptors (Lipinski definition) is 3. The molecule has 0 spiro atoms. The fourth-order valence-corrected chi connectivity index (χ4v) is 3.00. The van der Waals surface area contributed by atoms with Crippen LogP contribution in [0.1, 0.15) is 21.5 Å². The molecule has 0 aliphatic carbocycles. The molecule has 28 heavy (non-hydrogen) atoms. The highest BCUT2D eigenvalue weighted by Crippen LogP contribution is 2.19. The van der Waals surface area contributed by atoms with Gasteiger partial charge in [0, 0.05) is 36.0 Å². The highest BCUT2D eigenvalue weighted by atomic mass is 19.1. The molecule has 0 fully saturated rings. The highest BCUT2D eigenvalue weighted by Gasteiger charge is 2.05. The van der Waals surface area contributed by atoms with Gasteiger partial charge in [0.1, 0.15) is 5.82 Å². The monoisotopic (exact) mass is 372 g/mol. The number of carbonyl (C=O) groups is 1. The summed E-state index contributed by atoms with van der Waals surface area (Å²) in [6.07, 6.45) is 6.66. The van der Waals surface area contributed by atoms with Gasteiger partial charge in [0.05, 0.1) is 11.8 Å². The van der Waals surface area contributed by atoms with Crippen LogP contribution in [-0.2, 0) is 6.54 Å². The van der Waals surface area contributed by atoms with Gasteiger partial charge in [0.2, 0.25) is 0 Å². The van der Waals surface area contributed by atoms with E-state index in [0.717, 1.165) is 22.0 Å². The molecule has 0 radical (unpaired) electrons. The maximum absolute atomic E-state index is 13.4. The molecule has 0 saturated heterocycles. The van der Waals surface area contributed by atoms with E-state index >= 15 is 0 Å². The SMILES string of the molecule is O=C(N/N=C\c1ccc2c(ccn2Cc2cccc(F)c2)c1)c1cccnc1. The molecular weight excluding hydrogens is 355 g/mol. The van der Waals surface area contributed by atoms with E-state index < -0.39 is 0 Å². The summed E-state index contributed by atoms with van der Waals surface area (Å²) >= 11 is 0. The largest absolute Gasteiger partial charge is 0.343 e. The number of benzene rings is 2. The Morgan fingerprint density at radius 1 is 1.14 bits per heavy atom. The van der Waals surface area contributed by atoms with Crippen molar-refractivity contribution in [2.24, 2.45) is 5.10 Å². The van der Waals surface area contributed by atoms with Crippen LogP contribution < -0.4 is 5.43 Å². The Hall–Kier alpha value is -3.80. The van der Waals surface area contributed by atoms with Gasteiger partial charge >= 0.3 is 0 Å². The maximum Gasteiger partial charge on any atom is 0.272 e. The summed E-state index contributed by atoms with van der Waals surface area (Å²) in [4.78, 5) is 15.9. The smallest absolute Gasteiger partial charge is 0.272 e. The zero-order valence-corrected chi connectivity index (χ0v) is 14.9. The number of aromatic nitrogens is 2. The van der Waals surface area contributed by atoms with Crippen LogP contribution in [-0.4, -0.2) is 21.7 Å². The Morgan fingerprint density at radius 3 is 2.89 bits per heavy atom. The van der Waals surface area contributed by atoms with E-state index in [1.807, 2.05) is 36.5 Å². The van der Waals surface area contributed by atoms with E-state index in [4.69, 9.17) is 0 Å². The average Bonchev–Trinajstić information content (AvgIpc) is 3.10. The summed E-state index contributed by atoms with van der Waals surface area (Å²) in [5.41, 5.74) is 5.75. The maximum atomic E-state index is 13.4. The topological polar surface area (TPSA) is 59.3 Å². The van der Waals surface area contributed by atoms with Gasteiger partial charge in [0.25, 0.3) is 5.91 Å². The lowest BCUT2D eigenvalue weighted by molar-refractivity contribution is 0.0955. The van der Waals surface area contributed by atoms with Crippen LogP contribution in [0.15, 0.2) is 84.4 Å². The van der Waals surface area contributed by atoms with Gasteiger partial charge in [-0.1, -0.05) is 18.2 Å². The number of nitrogens with zero attached hydrogens (tertiary/aromatic N) is 3. The second kappa shape index (κ2) is 7.84. The number of hydrogen-bond donors (Lipinski definition) is 1. The van der Waals surface area contributed by atoms with E-state index in [-0.39, 0.29) is 11.7 Å². The average molecular weight is 372 g/mol. The molecule has 1 N–H and O–H groups in total. The van der Waals surface area contributed by atoms with Crippen LogP contribution in [0.5, 0.6) is 0 Å². The van der Waals surface area contributed by atoms with E-state index in [0.29, 0.717) is 12.1 Å². The molecule has 2 aromatic carbocycles. The molecule has 4 aromatic rings. The molecule has 0 atom stereocenters. The molecule has 0 aliphatic heterocycles. The van der Waals surface area contributed by atoms with Gasteiger partial charge < -0.3 is 4.57 Å². The second-order valence-electron chi connectivity index (χ2n) is 6.33. The number of amides is 1. The number of halogens is 1. The first-order chi connectivity index (χ1) is 13.7. The Kier molecular flexibility index (Phi) is 4.93. The van der Waals surface area contributed by atoms with Crippen LogP contribution in [0.25, 0.3) is 10.9 Å². The summed E-state index contributed by atoms with van der Waals surface area (Å²) in [6, 6.07) is 17.9. The number of pyridine rings is 1. The molecule has 4 rings (SSSR count). The number of rotatable bonds is 5. The number of fused-ring (bicyclic) bond motifs is 1. The molecule has 2 aromatic heterocycles. The van der Waals surface area contributed by atoms with Gasteiger partial charge in [0.15, 0.2) is 0 Å². The first kappa shape index (κ1) is 17.6. The molecule has 1 amide bonds. The van der Waals surface area contributed by atoms with E-state index in [1.165, 1.54) is 18.3 Å². The molecule has 2 heterocycles. The van der Waals surface area contributed by atoms with Crippen LogP contribution in [0, 0.1) is 5.82 Å². The lowest BCUT2D eigenvalue weighted by Crippen LogP contribution is -2.17. The standard InChI is InChI=1S/C22H17FN4O/c23-20-5-1-3-17(12-20)15-27-10-8-18-11-16(6-7-21(18)27)13-25-26-22(28)19-4-2-9-24-14-19/h1-14H,15H2,(H,26,28)/b25-13-. The summed E-state index contributed by atoms with van der Waals surface area (Å²) < 4.78 is 15.5. The first-order valence-corrected chi connectivity index (χ1v) is 8.76. The van der Waals surface area contributed by atoms with Crippen molar-refractivity contribution in [3.63, 3.8) is 0 Å². The summed E-state index contributed by atoms with van der Waals surface area (Å²) in [7, 11) is 0. The Bertz CT molecular complexity index is 1150. The third-order valence-electron chi connectivity index (χ3n) is 4.34. The second-order valence-corrected chi connectivity index (χ2v) is 6.33. The zero-order chi connectivity index (χ0) is 19.3.